The number of sulfonamides is 1. The van der Waals surface area contributed by atoms with Crippen LogP contribution in [0.1, 0.15) is 39.5 Å². The van der Waals surface area contributed by atoms with Crippen LogP contribution in [0.15, 0.2) is 29.2 Å². The number of nitrogens with zero attached hydrogens (tertiary/aromatic N) is 1. The Hall–Kier alpha value is -0.620. The van der Waals surface area contributed by atoms with Gasteiger partial charge in [0.05, 0.1) is 4.90 Å². The lowest BCUT2D eigenvalue weighted by Gasteiger charge is -2.39. The van der Waals surface area contributed by atoms with Crippen LogP contribution in [0.4, 0.5) is 0 Å². The van der Waals surface area contributed by atoms with E-state index in [9.17, 15) is 8.42 Å². The Morgan fingerprint density at radius 1 is 1.14 bits per heavy atom. The Morgan fingerprint density at radius 3 is 2.32 bits per heavy atom. The molecule has 6 heteroatoms. The standard InChI is InChI=1S/C16H25ClN2O2S/c1-3-19(4-2)16-8-6-5-7-15(16)18-22(20,21)14-11-9-13(17)10-12-14/h9-12,15-16,18H,3-8H2,1-2H3/t15-,16+/m0/s1. The topological polar surface area (TPSA) is 49.4 Å². The largest absolute Gasteiger partial charge is 0.299 e. The Kier molecular flexibility index (Phi) is 6.26. The third-order valence-electron chi connectivity index (χ3n) is 4.44. The average molecular weight is 345 g/mol. The molecule has 0 radical (unpaired) electrons. The summed E-state index contributed by atoms with van der Waals surface area (Å²) in [6.45, 7) is 6.15. The molecule has 0 heterocycles. The lowest BCUT2D eigenvalue weighted by atomic mass is 9.90. The Balaban J connectivity index is 2.17. The predicted molar refractivity (Wildman–Crippen MR) is 90.7 cm³/mol. The lowest BCUT2D eigenvalue weighted by molar-refractivity contribution is 0.144. The van der Waals surface area contributed by atoms with Gasteiger partial charge in [-0.2, -0.15) is 0 Å². The van der Waals surface area contributed by atoms with Crippen molar-refractivity contribution in [3.63, 3.8) is 0 Å². The van der Waals surface area contributed by atoms with Gasteiger partial charge in [0.2, 0.25) is 10.0 Å². The minimum atomic E-state index is -3.49. The molecule has 1 aliphatic rings. The van der Waals surface area contributed by atoms with Crippen molar-refractivity contribution >= 4 is 21.6 Å². The van der Waals surface area contributed by atoms with E-state index in [4.69, 9.17) is 11.6 Å². The molecule has 1 N–H and O–H groups in total. The van der Waals surface area contributed by atoms with Crippen LogP contribution in [0.5, 0.6) is 0 Å². The van der Waals surface area contributed by atoms with E-state index in [1.807, 2.05) is 0 Å². The van der Waals surface area contributed by atoms with Crippen LogP contribution in [0, 0.1) is 0 Å². The molecule has 0 unspecified atom stereocenters. The second-order valence-corrected chi connectivity index (χ2v) is 7.91. The van der Waals surface area contributed by atoms with Crippen LogP contribution in [0.25, 0.3) is 0 Å². The summed E-state index contributed by atoms with van der Waals surface area (Å²) >= 11 is 5.83. The van der Waals surface area contributed by atoms with Crippen LogP contribution in [0.3, 0.4) is 0 Å². The van der Waals surface area contributed by atoms with E-state index in [1.165, 1.54) is 6.42 Å². The first-order valence-electron chi connectivity index (χ1n) is 8.00. The Bertz CT molecular complexity index is 570. The maximum Gasteiger partial charge on any atom is 0.240 e. The van der Waals surface area contributed by atoms with Crippen LogP contribution < -0.4 is 4.72 Å². The van der Waals surface area contributed by atoms with Gasteiger partial charge >= 0.3 is 0 Å². The SMILES string of the molecule is CCN(CC)[C@@H]1CCCC[C@@H]1NS(=O)(=O)c1ccc(Cl)cc1. The third-order valence-corrected chi connectivity index (χ3v) is 6.20. The van der Waals surface area contributed by atoms with Gasteiger partial charge in [0.1, 0.15) is 0 Å². The smallest absolute Gasteiger partial charge is 0.240 e. The highest BCUT2D eigenvalue weighted by molar-refractivity contribution is 7.89. The van der Waals surface area contributed by atoms with Crippen LogP contribution in [-0.4, -0.2) is 38.5 Å². The van der Waals surface area contributed by atoms with E-state index in [1.54, 1.807) is 24.3 Å². The summed E-state index contributed by atoms with van der Waals surface area (Å²) in [7, 11) is -3.49. The second-order valence-electron chi connectivity index (χ2n) is 5.75. The van der Waals surface area contributed by atoms with Crippen LogP contribution in [-0.2, 0) is 10.0 Å². The molecule has 0 aliphatic heterocycles. The molecule has 1 saturated carbocycles. The van der Waals surface area contributed by atoms with Crippen molar-refractivity contribution in [1.29, 1.82) is 0 Å². The van der Waals surface area contributed by atoms with Crippen molar-refractivity contribution in [2.75, 3.05) is 13.1 Å². The van der Waals surface area contributed by atoms with Crippen LogP contribution >= 0.6 is 11.6 Å². The van der Waals surface area contributed by atoms with E-state index in [-0.39, 0.29) is 17.0 Å². The summed E-state index contributed by atoms with van der Waals surface area (Å²) in [6, 6.07) is 6.59. The number of rotatable bonds is 6. The zero-order valence-corrected chi connectivity index (χ0v) is 14.8. The van der Waals surface area contributed by atoms with Gasteiger partial charge in [0.15, 0.2) is 0 Å². The second kappa shape index (κ2) is 7.77. The summed E-state index contributed by atoms with van der Waals surface area (Å²) in [6.07, 6.45) is 4.19. The molecule has 0 bridgehead atoms. The van der Waals surface area contributed by atoms with Crippen molar-refractivity contribution < 1.29 is 8.42 Å². The first-order chi connectivity index (χ1) is 10.5. The van der Waals surface area contributed by atoms with Gasteiger partial charge in [-0.15, -0.1) is 0 Å². The minimum Gasteiger partial charge on any atom is -0.299 e. The maximum atomic E-state index is 12.6. The Morgan fingerprint density at radius 2 is 1.73 bits per heavy atom. The molecule has 0 saturated heterocycles. The van der Waals surface area contributed by atoms with Crippen molar-refractivity contribution in [2.45, 2.75) is 56.5 Å². The number of hydrogen-bond acceptors (Lipinski definition) is 3. The molecule has 2 atom stereocenters. The minimum absolute atomic E-state index is 0.0191. The first kappa shape index (κ1) is 17.7. The molecule has 1 aromatic carbocycles. The summed E-state index contributed by atoms with van der Waals surface area (Å²) < 4.78 is 28.1. The molecule has 0 aromatic heterocycles. The molecule has 1 fully saturated rings. The van der Waals surface area contributed by atoms with Gasteiger partial charge in [-0.25, -0.2) is 13.1 Å². The molecule has 4 nitrogen and oxygen atoms in total. The van der Waals surface area contributed by atoms with Crippen molar-refractivity contribution in [1.82, 2.24) is 9.62 Å². The van der Waals surface area contributed by atoms with Gasteiger partial charge in [0, 0.05) is 17.1 Å². The number of nitrogens with one attached hydrogen (secondary N) is 1. The van der Waals surface area contributed by atoms with E-state index < -0.39 is 10.0 Å². The molecule has 124 valence electrons. The fraction of sp³-hybridized carbons (Fsp3) is 0.625. The molecular formula is C16H25ClN2O2S. The lowest BCUT2D eigenvalue weighted by Crippen LogP contribution is -2.53. The fourth-order valence-corrected chi connectivity index (χ4v) is 4.69. The van der Waals surface area contributed by atoms with Gasteiger partial charge in [-0.3, -0.25) is 4.90 Å². The highest BCUT2D eigenvalue weighted by atomic mass is 35.5. The first-order valence-corrected chi connectivity index (χ1v) is 9.86. The molecule has 22 heavy (non-hydrogen) atoms. The highest BCUT2D eigenvalue weighted by Gasteiger charge is 2.32. The summed E-state index contributed by atoms with van der Waals surface area (Å²) in [5, 5.41) is 0.539. The molecule has 2 rings (SSSR count). The van der Waals surface area contributed by atoms with Crippen molar-refractivity contribution in [2.24, 2.45) is 0 Å². The molecule has 0 amide bonds. The summed E-state index contributed by atoms with van der Waals surface area (Å²) in [4.78, 5) is 2.63. The number of benzene rings is 1. The molecule has 0 spiro atoms. The molecule has 1 aliphatic carbocycles. The number of halogens is 1. The van der Waals surface area contributed by atoms with Gasteiger partial charge in [-0.1, -0.05) is 38.3 Å². The molecular weight excluding hydrogens is 320 g/mol. The number of likely N-dealkylation sites (N-methyl/N-ethyl adjacent to an activating group) is 1. The number of hydrogen-bond donors (Lipinski definition) is 1. The maximum absolute atomic E-state index is 12.6. The molecule has 1 aromatic rings. The normalized spacial score (nSPS) is 22.9. The van der Waals surface area contributed by atoms with E-state index in [0.717, 1.165) is 32.4 Å². The monoisotopic (exact) mass is 344 g/mol. The van der Waals surface area contributed by atoms with Crippen molar-refractivity contribution in [3.05, 3.63) is 29.3 Å². The zero-order valence-electron chi connectivity index (χ0n) is 13.3. The average Bonchev–Trinajstić information content (AvgIpc) is 2.50. The van der Waals surface area contributed by atoms with Gasteiger partial charge < -0.3 is 0 Å². The van der Waals surface area contributed by atoms with Crippen LogP contribution in [0.2, 0.25) is 5.02 Å². The quantitative estimate of drug-likeness (QED) is 0.861. The summed E-state index contributed by atoms with van der Waals surface area (Å²) in [5.41, 5.74) is 0. The van der Waals surface area contributed by atoms with Gasteiger partial charge in [-0.05, 0) is 50.2 Å². The zero-order chi connectivity index (χ0) is 16.2. The Labute approximate surface area is 138 Å². The van der Waals surface area contributed by atoms with E-state index in [2.05, 4.69) is 23.5 Å². The van der Waals surface area contributed by atoms with E-state index >= 15 is 0 Å². The summed E-state index contributed by atoms with van der Waals surface area (Å²) in [5.74, 6) is 0. The third kappa shape index (κ3) is 4.22. The van der Waals surface area contributed by atoms with E-state index in [0.29, 0.717) is 5.02 Å². The fourth-order valence-electron chi connectivity index (χ4n) is 3.26. The highest BCUT2D eigenvalue weighted by Crippen LogP contribution is 2.25. The predicted octanol–water partition coefficient (Wildman–Crippen LogP) is 3.27. The van der Waals surface area contributed by atoms with Gasteiger partial charge in [0.25, 0.3) is 0 Å². The van der Waals surface area contributed by atoms with Crippen molar-refractivity contribution in [3.8, 4) is 0 Å².